The molecule has 2 amide bonds. The molecular weight excluding hydrogens is 637 g/mol. The van der Waals surface area contributed by atoms with Crippen LogP contribution in [0.4, 0.5) is 0 Å². The van der Waals surface area contributed by atoms with E-state index in [4.69, 9.17) is 0 Å². The minimum Gasteiger partial charge on any atom is -0.339 e. The van der Waals surface area contributed by atoms with Gasteiger partial charge in [0.1, 0.15) is 0 Å². The average Bonchev–Trinajstić information content (AvgIpc) is 3.13. The van der Waals surface area contributed by atoms with Gasteiger partial charge in [0, 0.05) is 38.0 Å². The van der Waals surface area contributed by atoms with Crippen LogP contribution < -0.4 is 0 Å². The maximum atomic E-state index is 13.1. The van der Waals surface area contributed by atoms with Crippen LogP contribution in [0.2, 0.25) is 0 Å². The number of piperazine rings is 1. The quantitative estimate of drug-likeness (QED) is 0.0629. The van der Waals surface area contributed by atoms with E-state index < -0.39 is 0 Å². The number of hydrogen-bond donors (Lipinski definition) is 0. The standard InChI is InChI=1S/C48H72N2O2/c1-5-7-9-11-13-15-17-19-21-23-24-26-27-29-31-33-35-37-39-41-47(51)49-43-45(3)50(46(4)44-49)48(52)42-40-38-36-34-32-30-28-25-22-20-18-16-14-12-10-8-6-2/h7-10,13-16,19-22,24,26,28-31,34-37,45-46H,5-6,11-12,17-18,23,25,27,32-33,38-44H2,1-4H3/t45-,46+. The summed E-state index contributed by atoms with van der Waals surface area (Å²) >= 11 is 0. The van der Waals surface area contributed by atoms with E-state index in [2.05, 4.69) is 161 Å². The highest BCUT2D eigenvalue weighted by Gasteiger charge is 2.33. The lowest BCUT2D eigenvalue weighted by atomic mass is 10.1. The monoisotopic (exact) mass is 709 g/mol. The Labute approximate surface area is 319 Å². The molecule has 4 nitrogen and oxygen atoms in total. The van der Waals surface area contributed by atoms with Crippen LogP contribution in [0.15, 0.2) is 134 Å². The molecule has 0 spiro atoms. The minimum absolute atomic E-state index is 0.0415. The fourth-order valence-electron chi connectivity index (χ4n) is 5.89. The molecule has 0 bridgehead atoms. The molecule has 4 heteroatoms. The Morgan fingerprint density at radius 1 is 0.423 bits per heavy atom. The van der Waals surface area contributed by atoms with Gasteiger partial charge in [0.15, 0.2) is 0 Å². The van der Waals surface area contributed by atoms with E-state index in [1.807, 2.05) is 9.80 Å². The molecule has 1 fully saturated rings. The molecule has 52 heavy (non-hydrogen) atoms. The highest BCUT2D eigenvalue weighted by Crippen LogP contribution is 2.19. The molecule has 0 aromatic carbocycles. The first-order valence-corrected chi connectivity index (χ1v) is 20.2. The number of unbranched alkanes of at least 4 members (excludes halogenated alkanes) is 1. The number of nitrogens with zero attached hydrogens (tertiary/aromatic N) is 2. The summed E-state index contributed by atoms with van der Waals surface area (Å²) in [6, 6.07) is 0.0829. The Bertz CT molecular complexity index is 1240. The van der Waals surface area contributed by atoms with Gasteiger partial charge >= 0.3 is 0 Å². The molecule has 0 radical (unpaired) electrons. The van der Waals surface area contributed by atoms with E-state index >= 15 is 0 Å². The van der Waals surface area contributed by atoms with Crippen molar-refractivity contribution < 1.29 is 9.59 Å². The summed E-state index contributed by atoms with van der Waals surface area (Å²) in [4.78, 5) is 30.0. The first-order chi connectivity index (χ1) is 25.5. The predicted octanol–water partition coefficient (Wildman–Crippen LogP) is 12.8. The lowest BCUT2D eigenvalue weighted by molar-refractivity contribution is -0.146. The summed E-state index contributed by atoms with van der Waals surface area (Å²) in [5, 5.41) is 0. The smallest absolute Gasteiger partial charge is 0.223 e. The molecule has 0 aliphatic carbocycles. The zero-order valence-corrected chi connectivity index (χ0v) is 33.3. The van der Waals surface area contributed by atoms with Gasteiger partial charge in [0.05, 0.1) is 0 Å². The number of amides is 2. The summed E-state index contributed by atoms with van der Waals surface area (Å²) in [6.07, 6.45) is 62.9. The molecule has 0 aromatic rings. The van der Waals surface area contributed by atoms with E-state index in [0.29, 0.717) is 25.9 Å². The van der Waals surface area contributed by atoms with Crippen molar-refractivity contribution in [2.75, 3.05) is 13.1 Å². The molecule has 286 valence electrons. The molecule has 1 heterocycles. The third-order valence-electron chi connectivity index (χ3n) is 8.60. The highest BCUT2D eigenvalue weighted by atomic mass is 16.2. The van der Waals surface area contributed by atoms with Gasteiger partial charge in [-0.1, -0.05) is 148 Å². The Kier molecular flexibility index (Phi) is 30.3. The molecule has 0 aromatic heterocycles. The second kappa shape index (κ2) is 34.2. The van der Waals surface area contributed by atoms with Gasteiger partial charge in [-0.3, -0.25) is 9.59 Å². The van der Waals surface area contributed by atoms with Crippen LogP contribution in [0.1, 0.15) is 130 Å². The Hall–Kier alpha value is -3.92. The van der Waals surface area contributed by atoms with Crippen molar-refractivity contribution in [1.29, 1.82) is 0 Å². The third kappa shape index (κ3) is 25.9. The summed E-state index contributed by atoms with van der Waals surface area (Å²) in [6.45, 7) is 9.69. The average molecular weight is 709 g/mol. The van der Waals surface area contributed by atoms with E-state index in [-0.39, 0.29) is 23.9 Å². The lowest BCUT2D eigenvalue weighted by Crippen LogP contribution is -2.59. The summed E-state index contributed by atoms with van der Waals surface area (Å²) in [7, 11) is 0. The number of carbonyl (C=O) groups excluding carboxylic acids is 2. The maximum absolute atomic E-state index is 13.1. The number of hydrogen-bond acceptors (Lipinski definition) is 2. The number of rotatable bonds is 27. The van der Waals surface area contributed by atoms with Crippen LogP contribution in [0.25, 0.3) is 0 Å². The normalized spacial score (nSPS) is 17.9. The maximum Gasteiger partial charge on any atom is 0.223 e. The van der Waals surface area contributed by atoms with Crippen molar-refractivity contribution >= 4 is 11.8 Å². The second-order valence-corrected chi connectivity index (χ2v) is 13.4. The molecule has 1 saturated heterocycles. The molecule has 2 atom stereocenters. The largest absolute Gasteiger partial charge is 0.339 e. The van der Waals surface area contributed by atoms with Crippen LogP contribution >= 0.6 is 0 Å². The first-order valence-electron chi connectivity index (χ1n) is 20.2. The topological polar surface area (TPSA) is 40.6 Å². The molecule has 1 aliphatic rings. The van der Waals surface area contributed by atoms with Crippen molar-refractivity contribution in [3.05, 3.63) is 134 Å². The fraction of sp³-hybridized carbons (Fsp3) is 0.500. The van der Waals surface area contributed by atoms with Crippen LogP contribution in [0.5, 0.6) is 0 Å². The van der Waals surface area contributed by atoms with Crippen molar-refractivity contribution in [3.63, 3.8) is 0 Å². The first kappa shape index (κ1) is 46.1. The lowest BCUT2D eigenvalue weighted by Gasteiger charge is -2.44. The molecule has 0 N–H and O–H groups in total. The van der Waals surface area contributed by atoms with Gasteiger partial charge in [-0.2, -0.15) is 0 Å². The summed E-state index contributed by atoms with van der Waals surface area (Å²) in [5.41, 5.74) is 0. The van der Waals surface area contributed by atoms with E-state index in [1.165, 1.54) is 0 Å². The predicted molar refractivity (Wildman–Crippen MR) is 228 cm³/mol. The number of allylic oxidation sites excluding steroid dienone is 22. The summed E-state index contributed by atoms with van der Waals surface area (Å²) in [5.74, 6) is 0.390. The van der Waals surface area contributed by atoms with Gasteiger partial charge < -0.3 is 9.80 Å². The second-order valence-electron chi connectivity index (χ2n) is 13.4. The number of carbonyl (C=O) groups is 2. The van der Waals surface area contributed by atoms with E-state index in [9.17, 15) is 9.59 Å². The van der Waals surface area contributed by atoms with Crippen LogP contribution in [0, 0.1) is 0 Å². The summed E-state index contributed by atoms with van der Waals surface area (Å²) < 4.78 is 0. The molecule has 0 saturated carbocycles. The molecule has 0 unspecified atom stereocenters. The minimum atomic E-state index is 0.0415. The van der Waals surface area contributed by atoms with Crippen molar-refractivity contribution in [3.8, 4) is 0 Å². The van der Waals surface area contributed by atoms with Crippen molar-refractivity contribution in [1.82, 2.24) is 9.80 Å². The Morgan fingerprint density at radius 3 is 1.08 bits per heavy atom. The highest BCUT2D eigenvalue weighted by molar-refractivity contribution is 5.79. The van der Waals surface area contributed by atoms with Gasteiger partial charge in [0.25, 0.3) is 0 Å². The fourth-order valence-corrected chi connectivity index (χ4v) is 5.89. The Balaban J connectivity index is 2.16. The van der Waals surface area contributed by atoms with E-state index in [1.54, 1.807) is 0 Å². The van der Waals surface area contributed by atoms with Crippen molar-refractivity contribution in [2.45, 2.75) is 143 Å². The SMILES string of the molecule is CCC=CCC=CCC=CCC=CCC=CCC=CCCC(=O)N1C[C@@H](C)N(C(=O)CCCC=CCC=CCC=CCC=CCC=CCC)[C@@H](C)C1. The van der Waals surface area contributed by atoms with Crippen LogP contribution in [-0.4, -0.2) is 46.8 Å². The Morgan fingerprint density at radius 2 is 0.731 bits per heavy atom. The van der Waals surface area contributed by atoms with Gasteiger partial charge in [-0.15, -0.1) is 0 Å². The van der Waals surface area contributed by atoms with Gasteiger partial charge in [-0.05, 0) is 104 Å². The van der Waals surface area contributed by atoms with Crippen LogP contribution in [-0.2, 0) is 9.59 Å². The van der Waals surface area contributed by atoms with Crippen LogP contribution in [0.3, 0.4) is 0 Å². The molecule has 1 aliphatic heterocycles. The molecular formula is C48H72N2O2. The zero-order chi connectivity index (χ0) is 37.7. The third-order valence-corrected chi connectivity index (χ3v) is 8.60. The van der Waals surface area contributed by atoms with E-state index in [0.717, 1.165) is 89.9 Å². The van der Waals surface area contributed by atoms with Crippen molar-refractivity contribution in [2.24, 2.45) is 0 Å². The van der Waals surface area contributed by atoms with Gasteiger partial charge in [-0.25, -0.2) is 0 Å². The zero-order valence-electron chi connectivity index (χ0n) is 33.3. The molecule has 1 rings (SSSR count). The van der Waals surface area contributed by atoms with Gasteiger partial charge in [0.2, 0.25) is 11.8 Å².